The smallest absolute Gasteiger partial charge is 0.344 e. The van der Waals surface area contributed by atoms with Crippen LogP contribution in [0.1, 0.15) is 24.5 Å². The lowest BCUT2D eigenvalue weighted by atomic mass is 10.1. The number of carbonyl (C=O) groups excluding carboxylic acids is 2. The topological polar surface area (TPSA) is 55.8 Å². The van der Waals surface area contributed by atoms with Gasteiger partial charge < -0.3 is 9.47 Å². The number of carbonyl (C=O) groups is 2. The summed E-state index contributed by atoms with van der Waals surface area (Å²) in [5, 5.41) is 0. The monoisotopic (exact) mass is 441 g/mol. The predicted molar refractivity (Wildman–Crippen MR) is 123 cm³/mol. The standard InChI is InChI=1S/C23H23NO4S2/c1-2-27-21(25)16-28-19-12-10-18(11-13-19)15-20-22(26)24(23(29)30-20)14-6-9-17-7-4-3-5-8-17/h3-5,7-8,10-13,15H,2,6,9,14,16H2,1H3/b20-15-. The Morgan fingerprint density at radius 3 is 2.57 bits per heavy atom. The number of amides is 1. The third kappa shape index (κ3) is 6.18. The Hall–Kier alpha value is -2.64. The highest BCUT2D eigenvalue weighted by Gasteiger charge is 2.31. The zero-order valence-corrected chi connectivity index (χ0v) is 18.3. The number of thioether (sulfide) groups is 1. The van der Waals surface area contributed by atoms with Gasteiger partial charge in [0, 0.05) is 6.54 Å². The number of rotatable bonds is 9. The van der Waals surface area contributed by atoms with Gasteiger partial charge in [-0.3, -0.25) is 9.69 Å². The van der Waals surface area contributed by atoms with Crippen molar-refractivity contribution in [2.24, 2.45) is 0 Å². The van der Waals surface area contributed by atoms with Crippen molar-refractivity contribution in [1.82, 2.24) is 4.90 Å². The Balaban J connectivity index is 1.54. The summed E-state index contributed by atoms with van der Waals surface area (Å²) >= 11 is 6.73. The summed E-state index contributed by atoms with van der Waals surface area (Å²) in [4.78, 5) is 26.4. The van der Waals surface area contributed by atoms with Gasteiger partial charge in [-0.15, -0.1) is 0 Å². The molecule has 0 unspecified atom stereocenters. The number of esters is 1. The molecule has 0 spiro atoms. The van der Waals surface area contributed by atoms with Crippen molar-refractivity contribution in [3.05, 3.63) is 70.6 Å². The van der Waals surface area contributed by atoms with Crippen molar-refractivity contribution in [2.45, 2.75) is 19.8 Å². The third-order valence-electron chi connectivity index (χ3n) is 4.40. The fourth-order valence-corrected chi connectivity index (χ4v) is 4.24. The highest BCUT2D eigenvalue weighted by atomic mass is 32.2. The summed E-state index contributed by atoms with van der Waals surface area (Å²) in [5.41, 5.74) is 2.12. The lowest BCUT2D eigenvalue weighted by molar-refractivity contribution is -0.145. The Bertz CT molecular complexity index is 926. The summed E-state index contributed by atoms with van der Waals surface area (Å²) in [6.07, 6.45) is 3.59. The predicted octanol–water partition coefficient (Wildman–Crippen LogP) is 4.46. The van der Waals surface area contributed by atoms with Gasteiger partial charge in [0.05, 0.1) is 11.5 Å². The van der Waals surface area contributed by atoms with Crippen LogP contribution in [0.5, 0.6) is 5.75 Å². The largest absolute Gasteiger partial charge is 0.482 e. The maximum Gasteiger partial charge on any atom is 0.344 e. The molecule has 0 aromatic heterocycles. The average molecular weight is 442 g/mol. The third-order valence-corrected chi connectivity index (χ3v) is 5.78. The first-order chi connectivity index (χ1) is 14.6. The fourth-order valence-electron chi connectivity index (χ4n) is 2.94. The van der Waals surface area contributed by atoms with Gasteiger partial charge in [-0.1, -0.05) is 66.4 Å². The molecular weight excluding hydrogens is 418 g/mol. The molecule has 1 heterocycles. The maximum absolute atomic E-state index is 12.7. The summed E-state index contributed by atoms with van der Waals surface area (Å²) < 4.78 is 10.8. The van der Waals surface area contributed by atoms with Crippen LogP contribution < -0.4 is 4.74 Å². The van der Waals surface area contributed by atoms with Crippen LogP contribution in [0.4, 0.5) is 0 Å². The first-order valence-corrected chi connectivity index (χ1v) is 11.0. The molecule has 0 saturated carbocycles. The van der Waals surface area contributed by atoms with Gasteiger partial charge in [0.1, 0.15) is 10.1 Å². The molecule has 1 amide bonds. The number of hydrogen-bond donors (Lipinski definition) is 0. The zero-order valence-electron chi connectivity index (χ0n) is 16.7. The molecule has 1 saturated heterocycles. The Labute approximate surface area is 186 Å². The number of thiocarbonyl (C=S) groups is 1. The molecular formula is C23H23NO4S2. The van der Waals surface area contributed by atoms with E-state index in [-0.39, 0.29) is 12.5 Å². The van der Waals surface area contributed by atoms with Gasteiger partial charge in [0.25, 0.3) is 5.91 Å². The van der Waals surface area contributed by atoms with Crippen LogP contribution in [0.2, 0.25) is 0 Å². The van der Waals surface area contributed by atoms with E-state index in [1.165, 1.54) is 17.3 Å². The van der Waals surface area contributed by atoms with E-state index in [9.17, 15) is 9.59 Å². The molecule has 0 atom stereocenters. The number of aryl methyl sites for hydroxylation is 1. The number of ether oxygens (including phenoxy) is 2. The summed E-state index contributed by atoms with van der Waals surface area (Å²) in [5.74, 6) is 0.104. The minimum atomic E-state index is -0.405. The van der Waals surface area contributed by atoms with Gasteiger partial charge in [-0.25, -0.2) is 4.79 Å². The van der Waals surface area contributed by atoms with E-state index in [4.69, 9.17) is 21.7 Å². The quantitative estimate of drug-likeness (QED) is 0.325. The first kappa shape index (κ1) is 22.1. The van der Waals surface area contributed by atoms with Gasteiger partial charge in [-0.2, -0.15) is 0 Å². The Morgan fingerprint density at radius 2 is 1.87 bits per heavy atom. The van der Waals surface area contributed by atoms with Crippen molar-refractivity contribution in [3.63, 3.8) is 0 Å². The van der Waals surface area contributed by atoms with E-state index >= 15 is 0 Å². The van der Waals surface area contributed by atoms with Crippen molar-refractivity contribution in [1.29, 1.82) is 0 Å². The van der Waals surface area contributed by atoms with E-state index < -0.39 is 5.97 Å². The van der Waals surface area contributed by atoms with Crippen LogP contribution in [0.15, 0.2) is 59.5 Å². The minimum absolute atomic E-state index is 0.0549. The van der Waals surface area contributed by atoms with Gasteiger partial charge in [0.2, 0.25) is 0 Å². The SMILES string of the molecule is CCOC(=O)COc1ccc(/C=C2\SC(=S)N(CCCc3ccccc3)C2=O)cc1. The molecule has 30 heavy (non-hydrogen) atoms. The molecule has 2 aromatic rings. The molecule has 0 bridgehead atoms. The van der Waals surface area contributed by atoms with Gasteiger partial charge >= 0.3 is 5.97 Å². The molecule has 7 heteroatoms. The van der Waals surface area contributed by atoms with Crippen LogP contribution >= 0.6 is 24.0 Å². The summed E-state index contributed by atoms with van der Waals surface area (Å²) in [6.45, 7) is 2.55. The molecule has 2 aromatic carbocycles. The average Bonchev–Trinajstić information content (AvgIpc) is 3.01. The second kappa shape index (κ2) is 10.9. The normalized spacial score (nSPS) is 15.0. The lowest BCUT2D eigenvalue weighted by Gasteiger charge is -2.14. The van der Waals surface area contributed by atoms with Crippen LogP contribution in [-0.4, -0.2) is 40.9 Å². The summed E-state index contributed by atoms with van der Waals surface area (Å²) in [7, 11) is 0. The Kier molecular flexibility index (Phi) is 8.04. The van der Waals surface area contributed by atoms with Crippen molar-refractivity contribution >= 4 is 46.3 Å². The molecule has 0 N–H and O–H groups in total. The van der Waals surface area contributed by atoms with E-state index in [2.05, 4.69) is 12.1 Å². The molecule has 156 valence electrons. The molecule has 1 fully saturated rings. The van der Waals surface area contributed by atoms with Crippen LogP contribution in [0.3, 0.4) is 0 Å². The molecule has 0 aliphatic carbocycles. The Morgan fingerprint density at radius 1 is 1.13 bits per heavy atom. The minimum Gasteiger partial charge on any atom is -0.482 e. The summed E-state index contributed by atoms with van der Waals surface area (Å²) in [6, 6.07) is 17.4. The zero-order chi connectivity index (χ0) is 21.3. The van der Waals surface area contributed by atoms with Gasteiger partial charge in [-0.05, 0) is 49.1 Å². The highest BCUT2D eigenvalue weighted by Crippen LogP contribution is 2.33. The maximum atomic E-state index is 12.7. The van der Waals surface area contributed by atoms with Crippen molar-refractivity contribution in [2.75, 3.05) is 19.8 Å². The second-order valence-corrected chi connectivity index (χ2v) is 8.26. The number of nitrogens with zero attached hydrogens (tertiary/aromatic N) is 1. The molecule has 3 rings (SSSR count). The second-order valence-electron chi connectivity index (χ2n) is 6.59. The molecule has 1 aliphatic rings. The van der Waals surface area contributed by atoms with Crippen LogP contribution in [0.25, 0.3) is 6.08 Å². The molecule has 0 radical (unpaired) electrons. The van der Waals surface area contributed by atoms with E-state index in [0.29, 0.717) is 28.1 Å². The van der Waals surface area contributed by atoms with Gasteiger partial charge in [0.15, 0.2) is 6.61 Å². The van der Waals surface area contributed by atoms with Crippen molar-refractivity contribution < 1.29 is 19.1 Å². The van der Waals surface area contributed by atoms with E-state index in [0.717, 1.165) is 18.4 Å². The highest BCUT2D eigenvalue weighted by molar-refractivity contribution is 8.26. The lowest BCUT2D eigenvalue weighted by Crippen LogP contribution is -2.29. The van der Waals surface area contributed by atoms with Crippen LogP contribution in [-0.2, 0) is 20.7 Å². The van der Waals surface area contributed by atoms with E-state index in [1.54, 1.807) is 24.0 Å². The van der Waals surface area contributed by atoms with E-state index in [1.807, 2.05) is 36.4 Å². The van der Waals surface area contributed by atoms with Crippen LogP contribution in [0, 0.1) is 0 Å². The number of hydrogen-bond acceptors (Lipinski definition) is 6. The molecule has 5 nitrogen and oxygen atoms in total. The first-order valence-electron chi connectivity index (χ1n) is 9.74. The molecule has 1 aliphatic heterocycles. The van der Waals surface area contributed by atoms with Crippen molar-refractivity contribution in [3.8, 4) is 5.75 Å². The fraction of sp³-hybridized carbons (Fsp3) is 0.261. The number of benzene rings is 2.